The maximum absolute atomic E-state index is 11.8. The molecule has 1 N–H and O–H groups in total. The molecule has 1 aromatic rings. The number of aromatic nitrogens is 2. The monoisotopic (exact) mass is 329 g/mol. The van der Waals surface area contributed by atoms with Crippen molar-refractivity contribution in [1.82, 2.24) is 9.97 Å². The summed E-state index contributed by atoms with van der Waals surface area (Å²) in [6.07, 6.45) is 1.24. The first-order chi connectivity index (χ1) is 9.87. The summed E-state index contributed by atoms with van der Waals surface area (Å²) in [5.41, 5.74) is 0.564. The molecule has 0 bridgehead atoms. The molecule has 0 radical (unpaired) electrons. The highest BCUT2D eigenvalue weighted by molar-refractivity contribution is 7.92. The minimum absolute atomic E-state index is 0.202. The number of ether oxygens (including phenoxy) is 1. The maximum atomic E-state index is 11.8. The standard InChI is InChI=1S/C15H27N3O3S/c1-14(2,3)13-17-11(9-21-6)8-12(18-13)16-10-15(4,5)22(7,19)20/h8H,9-10H2,1-7H3,(H,16,17,18). The molecule has 126 valence electrons. The van der Waals surface area contributed by atoms with Crippen LogP contribution in [0.25, 0.3) is 0 Å². The number of sulfone groups is 1. The Bertz CT molecular complexity index is 619. The Morgan fingerprint density at radius 1 is 1.18 bits per heavy atom. The molecule has 0 unspecified atom stereocenters. The number of hydrogen-bond donors (Lipinski definition) is 1. The summed E-state index contributed by atoms with van der Waals surface area (Å²) in [7, 11) is -1.55. The summed E-state index contributed by atoms with van der Waals surface area (Å²) in [6.45, 7) is 10.1. The summed E-state index contributed by atoms with van der Waals surface area (Å²) in [5.74, 6) is 1.31. The summed E-state index contributed by atoms with van der Waals surface area (Å²) in [4.78, 5) is 8.99. The van der Waals surface area contributed by atoms with Crippen LogP contribution in [-0.2, 0) is 26.6 Å². The van der Waals surface area contributed by atoms with Gasteiger partial charge in [-0.25, -0.2) is 18.4 Å². The summed E-state index contributed by atoms with van der Waals surface area (Å²) in [5, 5.41) is 3.12. The van der Waals surface area contributed by atoms with Gasteiger partial charge >= 0.3 is 0 Å². The predicted molar refractivity (Wildman–Crippen MR) is 88.9 cm³/mol. The highest BCUT2D eigenvalue weighted by atomic mass is 32.2. The smallest absolute Gasteiger partial charge is 0.154 e. The summed E-state index contributed by atoms with van der Waals surface area (Å²) in [6, 6.07) is 1.79. The van der Waals surface area contributed by atoms with E-state index < -0.39 is 14.6 Å². The van der Waals surface area contributed by atoms with Gasteiger partial charge in [-0.1, -0.05) is 20.8 Å². The second-order valence-corrected chi connectivity index (χ2v) is 9.79. The third-order valence-corrected chi connectivity index (χ3v) is 5.59. The number of hydrogen-bond acceptors (Lipinski definition) is 6. The van der Waals surface area contributed by atoms with E-state index in [0.29, 0.717) is 18.2 Å². The second-order valence-electron chi connectivity index (χ2n) is 7.14. The lowest BCUT2D eigenvalue weighted by Gasteiger charge is -2.24. The van der Waals surface area contributed by atoms with Gasteiger partial charge in [-0.3, -0.25) is 0 Å². The maximum Gasteiger partial charge on any atom is 0.154 e. The summed E-state index contributed by atoms with van der Waals surface area (Å²) >= 11 is 0. The lowest BCUT2D eigenvalue weighted by Crippen LogP contribution is -2.38. The van der Waals surface area contributed by atoms with Gasteiger partial charge in [0.25, 0.3) is 0 Å². The van der Waals surface area contributed by atoms with Gasteiger partial charge in [0.15, 0.2) is 9.84 Å². The second kappa shape index (κ2) is 6.50. The fourth-order valence-corrected chi connectivity index (χ4v) is 1.91. The van der Waals surface area contributed by atoms with Crippen LogP contribution in [0.15, 0.2) is 6.07 Å². The fraction of sp³-hybridized carbons (Fsp3) is 0.733. The van der Waals surface area contributed by atoms with Crippen LogP contribution in [0.5, 0.6) is 0 Å². The lowest BCUT2D eigenvalue weighted by molar-refractivity contribution is 0.181. The molecule has 0 atom stereocenters. The molecule has 1 rings (SSSR count). The van der Waals surface area contributed by atoms with Crippen molar-refractivity contribution in [2.75, 3.05) is 25.2 Å². The Labute approximate surface area is 133 Å². The van der Waals surface area contributed by atoms with E-state index >= 15 is 0 Å². The van der Waals surface area contributed by atoms with E-state index in [1.54, 1.807) is 27.0 Å². The van der Waals surface area contributed by atoms with Crippen LogP contribution in [0.2, 0.25) is 0 Å². The van der Waals surface area contributed by atoms with Gasteiger partial charge in [-0.15, -0.1) is 0 Å². The highest BCUT2D eigenvalue weighted by Gasteiger charge is 2.30. The zero-order valence-electron chi connectivity index (χ0n) is 14.5. The Balaban J connectivity index is 3.07. The summed E-state index contributed by atoms with van der Waals surface area (Å²) < 4.78 is 27.8. The van der Waals surface area contributed by atoms with Gasteiger partial charge in [0.2, 0.25) is 0 Å². The molecular weight excluding hydrogens is 302 g/mol. The Morgan fingerprint density at radius 3 is 2.23 bits per heavy atom. The zero-order valence-corrected chi connectivity index (χ0v) is 15.3. The third kappa shape index (κ3) is 4.91. The average molecular weight is 329 g/mol. The molecule has 0 aliphatic heterocycles. The van der Waals surface area contributed by atoms with Crippen molar-refractivity contribution < 1.29 is 13.2 Å². The van der Waals surface area contributed by atoms with Crippen LogP contribution in [0.3, 0.4) is 0 Å². The Hall–Kier alpha value is -1.21. The number of nitrogens with one attached hydrogen (secondary N) is 1. The van der Waals surface area contributed by atoms with E-state index in [4.69, 9.17) is 4.74 Å². The molecule has 0 saturated heterocycles. The molecule has 1 aromatic heterocycles. The number of nitrogens with zero attached hydrogens (tertiary/aromatic N) is 2. The molecule has 0 fully saturated rings. The van der Waals surface area contributed by atoms with E-state index in [9.17, 15) is 8.42 Å². The van der Waals surface area contributed by atoms with E-state index in [-0.39, 0.29) is 12.0 Å². The molecule has 0 aliphatic rings. The molecule has 6 nitrogen and oxygen atoms in total. The molecule has 7 heteroatoms. The number of rotatable bonds is 6. The Kier molecular flexibility index (Phi) is 5.56. The lowest BCUT2D eigenvalue weighted by atomic mass is 9.95. The number of anilines is 1. The van der Waals surface area contributed by atoms with Crippen LogP contribution >= 0.6 is 0 Å². The van der Waals surface area contributed by atoms with Gasteiger partial charge in [0.05, 0.1) is 17.0 Å². The molecular formula is C15H27N3O3S. The molecule has 0 aromatic carbocycles. The Morgan fingerprint density at radius 2 is 1.77 bits per heavy atom. The van der Waals surface area contributed by atoms with Crippen LogP contribution in [-0.4, -0.2) is 43.0 Å². The van der Waals surface area contributed by atoms with Crippen LogP contribution < -0.4 is 5.32 Å². The van der Waals surface area contributed by atoms with Gasteiger partial charge < -0.3 is 10.1 Å². The van der Waals surface area contributed by atoms with Crippen molar-refractivity contribution >= 4 is 15.7 Å². The fourth-order valence-electron chi connectivity index (χ4n) is 1.58. The van der Waals surface area contributed by atoms with Gasteiger partial charge in [-0.05, 0) is 13.8 Å². The first kappa shape index (κ1) is 18.8. The minimum atomic E-state index is -3.16. The minimum Gasteiger partial charge on any atom is -0.378 e. The SMILES string of the molecule is COCc1cc(NCC(C)(C)S(C)(=O)=O)nc(C(C)(C)C)n1. The molecule has 0 aliphatic carbocycles. The van der Waals surface area contributed by atoms with Crippen LogP contribution in [0.4, 0.5) is 5.82 Å². The first-order valence-corrected chi connectivity index (χ1v) is 9.07. The highest BCUT2D eigenvalue weighted by Crippen LogP contribution is 2.22. The molecule has 22 heavy (non-hydrogen) atoms. The number of methoxy groups -OCH3 is 1. The van der Waals surface area contributed by atoms with Crippen molar-refractivity contribution in [3.8, 4) is 0 Å². The van der Waals surface area contributed by atoms with E-state index in [0.717, 1.165) is 5.69 Å². The van der Waals surface area contributed by atoms with E-state index in [2.05, 4.69) is 15.3 Å². The predicted octanol–water partition coefficient (Wildman–Crippen LogP) is 2.16. The van der Waals surface area contributed by atoms with Crippen molar-refractivity contribution in [3.05, 3.63) is 17.6 Å². The van der Waals surface area contributed by atoms with E-state index in [1.807, 2.05) is 20.8 Å². The van der Waals surface area contributed by atoms with Crippen molar-refractivity contribution in [2.45, 2.75) is 51.4 Å². The third-order valence-electron chi connectivity index (χ3n) is 3.44. The first-order valence-electron chi connectivity index (χ1n) is 7.18. The molecule has 1 heterocycles. The average Bonchev–Trinajstić information content (AvgIpc) is 2.34. The van der Waals surface area contributed by atoms with Crippen LogP contribution in [0, 0.1) is 0 Å². The van der Waals surface area contributed by atoms with Crippen LogP contribution in [0.1, 0.15) is 46.1 Å². The van der Waals surface area contributed by atoms with Crippen molar-refractivity contribution in [3.63, 3.8) is 0 Å². The van der Waals surface area contributed by atoms with Crippen molar-refractivity contribution in [1.29, 1.82) is 0 Å². The topological polar surface area (TPSA) is 81.2 Å². The molecule has 0 saturated carbocycles. The zero-order chi connectivity index (χ0) is 17.2. The van der Waals surface area contributed by atoms with E-state index in [1.165, 1.54) is 6.26 Å². The normalized spacial score (nSPS) is 13.2. The van der Waals surface area contributed by atoms with Gasteiger partial charge in [0, 0.05) is 31.4 Å². The van der Waals surface area contributed by atoms with Gasteiger partial charge in [-0.2, -0.15) is 0 Å². The van der Waals surface area contributed by atoms with Crippen molar-refractivity contribution in [2.24, 2.45) is 0 Å². The quantitative estimate of drug-likeness (QED) is 0.861. The van der Waals surface area contributed by atoms with Gasteiger partial charge in [0.1, 0.15) is 11.6 Å². The molecule has 0 amide bonds. The largest absolute Gasteiger partial charge is 0.378 e. The molecule has 0 spiro atoms.